The second kappa shape index (κ2) is 11.5. The van der Waals surface area contributed by atoms with E-state index in [1.165, 1.54) is 5.01 Å². The van der Waals surface area contributed by atoms with Crippen molar-refractivity contribution in [2.24, 2.45) is 11.0 Å². The summed E-state index contributed by atoms with van der Waals surface area (Å²) < 4.78 is 10.9. The van der Waals surface area contributed by atoms with Crippen LogP contribution < -0.4 is 14.8 Å². The Morgan fingerprint density at radius 2 is 1.78 bits per heavy atom. The molecule has 2 unspecified atom stereocenters. The monoisotopic (exact) mass is 486 g/mol. The number of amides is 2. The standard InChI is InChI=1S/C28H30N4O4/c1-4-20-18-26(33)32(31-27(20)22-10-11-23(35-2)24(17-22)36-3)25(16-19-8-6-5-7-9-19)30-28(34)21-12-14-29-15-13-21/h5-15,17,20,25H,4,16,18H2,1-3H3,(H,30,34). The van der Waals surface area contributed by atoms with Crippen molar-refractivity contribution in [2.75, 3.05) is 14.2 Å². The van der Waals surface area contributed by atoms with Crippen molar-refractivity contribution in [3.63, 3.8) is 0 Å². The average molecular weight is 487 g/mol. The second-order valence-corrected chi connectivity index (χ2v) is 8.52. The molecule has 2 atom stereocenters. The number of hydrogen-bond acceptors (Lipinski definition) is 6. The van der Waals surface area contributed by atoms with Crippen molar-refractivity contribution in [2.45, 2.75) is 32.4 Å². The van der Waals surface area contributed by atoms with Gasteiger partial charge >= 0.3 is 0 Å². The van der Waals surface area contributed by atoms with Gasteiger partial charge in [-0.1, -0.05) is 37.3 Å². The third-order valence-corrected chi connectivity index (χ3v) is 6.26. The topological polar surface area (TPSA) is 93.1 Å². The summed E-state index contributed by atoms with van der Waals surface area (Å²) in [7, 11) is 3.17. The van der Waals surface area contributed by atoms with Crippen LogP contribution in [-0.4, -0.2) is 47.9 Å². The number of nitrogens with one attached hydrogen (secondary N) is 1. The highest BCUT2D eigenvalue weighted by Crippen LogP contribution is 2.32. The summed E-state index contributed by atoms with van der Waals surface area (Å²) in [5.41, 5.74) is 3.05. The second-order valence-electron chi connectivity index (χ2n) is 8.52. The minimum absolute atomic E-state index is 0.0554. The first-order valence-corrected chi connectivity index (χ1v) is 11.9. The van der Waals surface area contributed by atoms with Gasteiger partial charge in [-0.3, -0.25) is 14.6 Å². The fourth-order valence-electron chi connectivity index (χ4n) is 4.30. The molecular formula is C28H30N4O4. The highest BCUT2D eigenvalue weighted by atomic mass is 16.5. The summed E-state index contributed by atoms with van der Waals surface area (Å²) >= 11 is 0. The largest absolute Gasteiger partial charge is 0.493 e. The van der Waals surface area contributed by atoms with Crippen LogP contribution in [0.4, 0.5) is 0 Å². The van der Waals surface area contributed by atoms with Gasteiger partial charge in [-0.25, -0.2) is 5.01 Å². The number of hydrogen-bond donors (Lipinski definition) is 1. The van der Waals surface area contributed by atoms with E-state index >= 15 is 0 Å². The molecule has 0 saturated carbocycles. The molecule has 0 saturated heterocycles. The first-order chi connectivity index (χ1) is 17.5. The van der Waals surface area contributed by atoms with Crippen LogP contribution in [0, 0.1) is 5.92 Å². The van der Waals surface area contributed by atoms with Gasteiger partial charge in [0.25, 0.3) is 5.91 Å². The van der Waals surface area contributed by atoms with Crippen LogP contribution >= 0.6 is 0 Å². The molecule has 36 heavy (non-hydrogen) atoms. The van der Waals surface area contributed by atoms with E-state index < -0.39 is 6.17 Å². The molecule has 3 aromatic rings. The number of rotatable bonds is 9. The number of pyridine rings is 1. The van der Waals surface area contributed by atoms with E-state index in [9.17, 15) is 9.59 Å². The number of hydrazone groups is 1. The predicted octanol–water partition coefficient (Wildman–Crippen LogP) is 4.06. The quantitative estimate of drug-likeness (QED) is 0.492. The summed E-state index contributed by atoms with van der Waals surface area (Å²) in [6.07, 6.45) is 3.90. The summed E-state index contributed by atoms with van der Waals surface area (Å²) in [5.74, 6) is 0.710. The minimum atomic E-state index is -0.673. The number of carbonyl (C=O) groups excluding carboxylic acids is 2. The maximum Gasteiger partial charge on any atom is 0.253 e. The number of ether oxygens (including phenoxy) is 2. The number of carbonyl (C=O) groups is 2. The van der Waals surface area contributed by atoms with Gasteiger partial charge in [0.2, 0.25) is 5.91 Å². The number of methoxy groups -OCH3 is 2. The number of aromatic nitrogens is 1. The van der Waals surface area contributed by atoms with Crippen molar-refractivity contribution in [1.82, 2.24) is 15.3 Å². The van der Waals surface area contributed by atoms with Crippen LogP contribution in [0.1, 0.15) is 41.3 Å². The first kappa shape index (κ1) is 24.9. The number of benzene rings is 2. The molecule has 1 aliphatic rings. The Labute approximate surface area is 210 Å². The van der Waals surface area contributed by atoms with Crippen molar-refractivity contribution in [3.05, 3.63) is 89.7 Å². The van der Waals surface area contributed by atoms with E-state index in [4.69, 9.17) is 14.6 Å². The highest BCUT2D eigenvalue weighted by Gasteiger charge is 2.34. The van der Waals surface area contributed by atoms with Crippen LogP contribution in [-0.2, 0) is 11.2 Å². The lowest BCUT2D eigenvalue weighted by Gasteiger charge is -2.35. The van der Waals surface area contributed by atoms with Crippen LogP contribution in [0.5, 0.6) is 11.5 Å². The van der Waals surface area contributed by atoms with Crippen molar-refractivity contribution in [3.8, 4) is 11.5 Å². The first-order valence-electron chi connectivity index (χ1n) is 11.9. The third kappa shape index (κ3) is 5.54. The Kier molecular flexibility index (Phi) is 7.95. The van der Waals surface area contributed by atoms with Crippen molar-refractivity contribution < 1.29 is 19.1 Å². The van der Waals surface area contributed by atoms with Gasteiger partial charge in [0, 0.05) is 42.3 Å². The van der Waals surface area contributed by atoms with Gasteiger partial charge in [0.05, 0.1) is 19.9 Å². The molecule has 2 amide bonds. The Morgan fingerprint density at radius 3 is 2.44 bits per heavy atom. The minimum Gasteiger partial charge on any atom is -0.493 e. The molecule has 0 aliphatic carbocycles. The molecule has 0 fully saturated rings. The lowest BCUT2D eigenvalue weighted by atomic mass is 9.89. The van der Waals surface area contributed by atoms with E-state index in [-0.39, 0.29) is 17.7 Å². The van der Waals surface area contributed by atoms with Crippen LogP contribution in [0.15, 0.2) is 78.2 Å². The summed E-state index contributed by atoms with van der Waals surface area (Å²) in [4.78, 5) is 30.4. The zero-order valence-electron chi connectivity index (χ0n) is 20.7. The summed E-state index contributed by atoms with van der Waals surface area (Å²) in [5, 5.41) is 9.27. The van der Waals surface area contributed by atoms with Crippen molar-refractivity contribution >= 4 is 17.5 Å². The molecule has 1 aliphatic heterocycles. The number of nitrogens with zero attached hydrogens (tertiary/aromatic N) is 3. The van der Waals surface area contributed by atoms with E-state index in [1.807, 2.05) is 55.5 Å². The van der Waals surface area contributed by atoms with Crippen LogP contribution in [0.2, 0.25) is 0 Å². The molecular weight excluding hydrogens is 456 g/mol. The van der Waals surface area contributed by atoms with Gasteiger partial charge in [0.15, 0.2) is 11.5 Å². The van der Waals surface area contributed by atoms with Gasteiger partial charge in [-0.15, -0.1) is 0 Å². The molecule has 0 radical (unpaired) electrons. The molecule has 1 aromatic heterocycles. The molecule has 186 valence electrons. The Morgan fingerprint density at radius 1 is 1.06 bits per heavy atom. The normalized spacial score (nSPS) is 16.2. The lowest BCUT2D eigenvalue weighted by Crippen LogP contribution is -2.52. The molecule has 0 spiro atoms. The Hall–Kier alpha value is -4.20. The van der Waals surface area contributed by atoms with Crippen LogP contribution in [0.3, 0.4) is 0 Å². The Bertz CT molecular complexity index is 1230. The van der Waals surface area contributed by atoms with Gasteiger partial charge in [-0.2, -0.15) is 5.10 Å². The van der Waals surface area contributed by atoms with Crippen LogP contribution in [0.25, 0.3) is 0 Å². The predicted molar refractivity (Wildman–Crippen MR) is 137 cm³/mol. The fraction of sp³-hybridized carbons (Fsp3) is 0.286. The maximum absolute atomic E-state index is 13.3. The molecule has 0 bridgehead atoms. The lowest BCUT2D eigenvalue weighted by molar-refractivity contribution is -0.135. The zero-order chi connectivity index (χ0) is 25.5. The van der Waals surface area contributed by atoms with E-state index in [2.05, 4.69) is 10.3 Å². The fourth-order valence-corrected chi connectivity index (χ4v) is 4.30. The zero-order valence-corrected chi connectivity index (χ0v) is 20.7. The van der Waals surface area contributed by atoms with Gasteiger partial charge in [0.1, 0.15) is 6.17 Å². The summed E-state index contributed by atoms with van der Waals surface area (Å²) in [6, 6.07) is 18.6. The Balaban J connectivity index is 1.73. The molecule has 8 heteroatoms. The maximum atomic E-state index is 13.3. The highest BCUT2D eigenvalue weighted by molar-refractivity contribution is 6.06. The van der Waals surface area contributed by atoms with E-state index in [0.717, 1.165) is 23.3 Å². The molecule has 8 nitrogen and oxygen atoms in total. The average Bonchev–Trinajstić information content (AvgIpc) is 2.93. The smallest absolute Gasteiger partial charge is 0.253 e. The summed E-state index contributed by atoms with van der Waals surface area (Å²) in [6.45, 7) is 2.04. The SMILES string of the molecule is CCC1CC(=O)N(C(Cc2ccccc2)NC(=O)c2ccncc2)N=C1c1ccc(OC)c(OC)c1. The molecule has 2 aromatic carbocycles. The van der Waals surface area contributed by atoms with E-state index in [0.29, 0.717) is 29.9 Å². The van der Waals surface area contributed by atoms with Gasteiger partial charge < -0.3 is 14.8 Å². The van der Waals surface area contributed by atoms with E-state index in [1.54, 1.807) is 38.7 Å². The molecule has 4 rings (SSSR count). The molecule has 2 heterocycles. The van der Waals surface area contributed by atoms with Crippen molar-refractivity contribution in [1.29, 1.82) is 0 Å². The van der Waals surface area contributed by atoms with Gasteiger partial charge in [-0.05, 0) is 42.3 Å². The third-order valence-electron chi connectivity index (χ3n) is 6.26. The molecule has 1 N–H and O–H groups in total.